The summed E-state index contributed by atoms with van der Waals surface area (Å²) in [5.74, 6) is 0. The Hall–Kier alpha value is -0.660. The summed E-state index contributed by atoms with van der Waals surface area (Å²) >= 11 is 0. The molecule has 1 aliphatic heterocycles. The van der Waals surface area contributed by atoms with Crippen molar-refractivity contribution in [1.82, 2.24) is 9.62 Å². The molecule has 6 nitrogen and oxygen atoms in total. The third kappa shape index (κ3) is 5.71. The fourth-order valence-corrected chi connectivity index (χ4v) is 2.39. The number of likely N-dealkylation sites (N-methyl/N-ethyl adjacent to an activating group) is 1. The minimum Gasteiger partial charge on any atom is -0.372 e. The third-order valence-electron chi connectivity index (χ3n) is 2.44. The van der Waals surface area contributed by atoms with E-state index < -0.39 is 10.0 Å². The number of nitrogens with zero attached hydrogens (tertiary/aromatic N) is 1. The quantitative estimate of drug-likeness (QED) is 0.586. The number of primary amides is 1. The summed E-state index contributed by atoms with van der Waals surface area (Å²) < 4.78 is 24.4. The molecule has 15 heavy (non-hydrogen) atoms. The summed E-state index contributed by atoms with van der Waals surface area (Å²) in [5, 5.41) is 0. The molecule has 0 radical (unpaired) electrons. The van der Waals surface area contributed by atoms with Gasteiger partial charge < -0.3 is 10.6 Å². The van der Waals surface area contributed by atoms with Crippen LogP contribution in [0.2, 0.25) is 0 Å². The molecule has 1 fully saturated rings. The highest BCUT2D eigenvalue weighted by Crippen LogP contribution is 2.15. The number of hydrogen-bond acceptors (Lipinski definition) is 4. The SMILES string of the molecule is CC1C(NS(C)(=O)=O)CCN1C.NC=O. The summed E-state index contributed by atoms with van der Waals surface area (Å²) in [7, 11) is -1.03. The third-order valence-corrected chi connectivity index (χ3v) is 3.17. The molecule has 1 aliphatic rings. The molecule has 1 rings (SSSR count). The van der Waals surface area contributed by atoms with E-state index in [4.69, 9.17) is 4.79 Å². The summed E-state index contributed by atoms with van der Waals surface area (Å²) in [5.41, 5.74) is 4.17. The van der Waals surface area contributed by atoms with Gasteiger partial charge in [0.05, 0.1) is 6.26 Å². The second-order valence-electron chi connectivity index (χ2n) is 3.64. The molecule has 1 heterocycles. The van der Waals surface area contributed by atoms with Gasteiger partial charge in [-0.1, -0.05) is 0 Å². The Morgan fingerprint density at radius 1 is 1.53 bits per heavy atom. The zero-order valence-electron chi connectivity index (χ0n) is 9.30. The van der Waals surface area contributed by atoms with E-state index in [1.54, 1.807) is 0 Å². The van der Waals surface area contributed by atoms with Crippen molar-refractivity contribution in [2.75, 3.05) is 19.8 Å². The second-order valence-corrected chi connectivity index (χ2v) is 5.42. The van der Waals surface area contributed by atoms with Gasteiger partial charge in [0.2, 0.25) is 16.4 Å². The number of carbonyl (C=O) groups is 1. The van der Waals surface area contributed by atoms with Gasteiger partial charge in [0.15, 0.2) is 0 Å². The van der Waals surface area contributed by atoms with Gasteiger partial charge in [0.1, 0.15) is 0 Å². The Morgan fingerprint density at radius 2 is 2.00 bits per heavy atom. The lowest BCUT2D eigenvalue weighted by molar-refractivity contribution is -0.106. The van der Waals surface area contributed by atoms with Crippen LogP contribution >= 0.6 is 0 Å². The average molecular weight is 237 g/mol. The average Bonchev–Trinajstić information content (AvgIpc) is 2.35. The Balaban J connectivity index is 0.000000583. The van der Waals surface area contributed by atoms with Crippen molar-refractivity contribution in [3.63, 3.8) is 0 Å². The molecule has 2 unspecified atom stereocenters. The van der Waals surface area contributed by atoms with Crippen LogP contribution in [0.3, 0.4) is 0 Å². The van der Waals surface area contributed by atoms with Crippen molar-refractivity contribution in [2.45, 2.75) is 25.4 Å². The first-order chi connectivity index (χ1) is 6.81. The zero-order valence-corrected chi connectivity index (χ0v) is 10.1. The Morgan fingerprint density at radius 3 is 2.27 bits per heavy atom. The van der Waals surface area contributed by atoms with Crippen molar-refractivity contribution in [1.29, 1.82) is 0 Å². The summed E-state index contributed by atoms with van der Waals surface area (Å²) in [4.78, 5) is 10.7. The maximum absolute atomic E-state index is 10.9. The normalized spacial score (nSPS) is 26.9. The number of carbonyl (C=O) groups excluding carboxylic acids is 1. The molecule has 0 aliphatic carbocycles. The number of hydrogen-bond donors (Lipinski definition) is 2. The van der Waals surface area contributed by atoms with E-state index in [9.17, 15) is 8.42 Å². The van der Waals surface area contributed by atoms with Crippen molar-refractivity contribution < 1.29 is 13.2 Å². The molecule has 0 aromatic carbocycles. The topological polar surface area (TPSA) is 92.5 Å². The first-order valence-electron chi connectivity index (χ1n) is 4.64. The van der Waals surface area contributed by atoms with E-state index in [-0.39, 0.29) is 12.5 Å². The van der Waals surface area contributed by atoms with Crippen LogP contribution in [0.1, 0.15) is 13.3 Å². The fourth-order valence-electron chi connectivity index (χ4n) is 1.53. The van der Waals surface area contributed by atoms with Gasteiger partial charge >= 0.3 is 0 Å². The maximum Gasteiger partial charge on any atom is 0.209 e. The molecular formula is C8H19N3O3S. The Labute approximate surface area is 90.9 Å². The zero-order chi connectivity index (χ0) is 12.1. The van der Waals surface area contributed by atoms with Crippen LogP contribution in [0.15, 0.2) is 0 Å². The maximum atomic E-state index is 10.9. The number of rotatable bonds is 2. The molecule has 3 N–H and O–H groups in total. The van der Waals surface area contributed by atoms with Gasteiger partial charge in [-0.05, 0) is 26.9 Å². The molecule has 0 spiro atoms. The minimum absolute atomic E-state index is 0.0880. The Bertz CT molecular complexity index is 292. The van der Waals surface area contributed by atoms with Gasteiger partial charge in [-0.2, -0.15) is 0 Å². The van der Waals surface area contributed by atoms with Crippen molar-refractivity contribution >= 4 is 16.4 Å². The smallest absolute Gasteiger partial charge is 0.209 e. The molecule has 0 aromatic heterocycles. The van der Waals surface area contributed by atoms with Gasteiger partial charge in [0.25, 0.3) is 0 Å². The molecule has 0 bridgehead atoms. The van der Waals surface area contributed by atoms with Gasteiger partial charge in [-0.15, -0.1) is 0 Å². The molecule has 0 aromatic rings. The molecule has 90 valence electrons. The van der Waals surface area contributed by atoms with E-state index in [1.807, 2.05) is 14.0 Å². The van der Waals surface area contributed by atoms with Crippen LogP contribution in [0.25, 0.3) is 0 Å². The van der Waals surface area contributed by atoms with Crippen molar-refractivity contribution in [2.24, 2.45) is 5.73 Å². The van der Waals surface area contributed by atoms with Gasteiger partial charge in [-0.3, -0.25) is 4.79 Å². The summed E-state index contributed by atoms with van der Waals surface area (Å²) in [6.45, 7) is 3.00. The van der Waals surface area contributed by atoms with Crippen LogP contribution in [-0.2, 0) is 14.8 Å². The second kappa shape index (κ2) is 6.04. The monoisotopic (exact) mass is 237 g/mol. The van der Waals surface area contributed by atoms with Crippen LogP contribution in [-0.4, -0.2) is 51.7 Å². The van der Waals surface area contributed by atoms with Crippen molar-refractivity contribution in [3.8, 4) is 0 Å². The van der Waals surface area contributed by atoms with E-state index in [0.29, 0.717) is 6.04 Å². The number of sulfonamides is 1. The largest absolute Gasteiger partial charge is 0.372 e. The van der Waals surface area contributed by atoms with Crippen molar-refractivity contribution in [3.05, 3.63) is 0 Å². The molecule has 1 amide bonds. The standard InChI is InChI=1S/C7H16N2O2S.CH3NO/c1-6-7(4-5-9(6)2)8-12(3,10)11;2-1-3/h6-8H,4-5H2,1-3H3;1H,(H2,2,3). The molecule has 1 saturated heterocycles. The molecule has 0 saturated carbocycles. The van der Waals surface area contributed by atoms with E-state index in [2.05, 4.69) is 15.4 Å². The predicted molar refractivity (Wildman–Crippen MR) is 58.7 cm³/mol. The number of likely N-dealkylation sites (tertiary alicyclic amines) is 1. The lowest BCUT2D eigenvalue weighted by atomic mass is 10.2. The first-order valence-corrected chi connectivity index (χ1v) is 6.54. The predicted octanol–water partition coefficient (Wildman–Crippen LogP) is -1.27. The first kappa shape index (κ1) is 14.3. The van der Waals surface area contributed by atoms with Crippen LogP contribution in [0, 0.1) is 0 Å². The highest BCUT2D eigenvalue weighted by molar-refractivity contribution is 7.88. The fraction of sp³-hybridized carbons (Fsp3) is 0.875. The lowest BCUT2D eigenvalue weighted by Crippen LogP contribution is -2.41. The van der Waals surface area contributed by atoms with E-state index in [1.165, 1.54) is 6.26 Å². The Kier molecular flexibility index (Phi) is 5.77. The summed E-state index contributed by atoms with van der Waals surface area (Å²) in [6.07, 6.45) is 2.36. The molecular weight excluding hydrogens is 218 g/mol. The highest BCUT2D eigenvalue weighted by Gasteiger charge is 2.29. The highest BCUT2D eigenvalue weighted by atomic mass is 32.2. The molecule has 2 atom stereocenters. The van der Waals surface area contributed by atoms with Crippen LogP contribution < -0.4 is 10.5 Å². The minimum atomic E-state index is -3.04. The summed E-state index contributed by atoms with van der Waals surface area (Å²) in [6, 6.07) is 0.393. The number of nitrogens with one attached hydrogen (secondary N) is 1. The number of amides is 1. The van der Waals surface area contributed by atoms with Crippen LogP contribution in [0.5, 0.6) is 0 Å². The van der Waals surface area contributed by atoms with Crippen LogP contribution in [0.4, 0.5) is 0 Å². The lowest BCUT2D eigenvalue weighted by Gasteiger charge is -2.20. The van der Waals surface area contributed by atoms with Gasteiger partial charge in [0, 0.05) is 12.1 Å². The van der Waals surface area contributed by atoms with E-state index in [0.717, 1.165) is 13.0 Å². The van der Waals surface area contributed by atoms with E-state index >= 15 is 0 Å². The number of nitrogens with two attached hydrogens (primary N) is 1. The molecule has 7 heteroatoms. The van der Waals surface area contributed by atoms with Gasteiger partial charge in [-0.25, -0.2) is 13.1 Å².